The van der Waals surface area contributed by atoms with Crippen LogP contribution in [0.4, 0.5) is 0 Å². The van der Waals surface area contributed by atoms with E-state index in [0.717, 1.165) is 44.8 Å². The van der Waals surface area contributed by atoms with Crippen LogP contribution in [0.15, 0.2) is 121 Å². The van der Waals surface area contributed by atoms with Crippen LogP contribution in [0.25, 0.3) is 125 Å². The first-order chi connectivity index (χ1) is 38.5. The first-order valence-electron chi connectivity index (χ1n) is 27.4. The summed E-state index contributed by atoms with van der Waals surface area (Å²) < 4.78 is 11.3. The van der Waals surface area contributed by atoms with E-state index in [1.807, 2.05) is 0 Å². The zero-order chi connectivity index (χ0) is 55.4. The van der Waals surface area contributed by atoms with E-state index >= 15 is 0 Å². The summed E-state index contributed by atoms with van der Waals surface area (Å²) in [6.45, 7) is 27.1. The molecule has 0 aliphatic carbocycles. The molecule has 0 unspecified atom stereocenters. The van der Waals surface area contributed by atoms with Gasteiger partial charge >= 0.3 is 497 Å². The molecule has 16 bridgehead atoms. The first kappa shape index (κ1) is 52.8. The number of hydrogen-bond donors (Lipinski definition) is 2. The summed E-state index contributed by atoms with van der Waals surface area (Å²) >= 11 is 0.253. The molecule has 7 aromatic heterocycles. The molecule has 394 valence electrons. The molecule has 4 nitrogen and oxygen atoms in total. The number of aromatic nitrogens is 4. The standard InChI is InChI=1S/C72H62N4Se4/c1-37-29-41(5)65(42(6)30-37)69-53-17-13-49(73-53)50-14-18-54(74-50)70(66-43(7)31-38(2)32-44(66)8)63-27-23-59(79-63)60-24-28-64(80-60)72(68-47(11)35-40(4)36-48(68)12)56-20-16-52(76-56)51-15-19-55(75-51)71(67-45(9)33-39(3)34-46(67)10)62-26-22-58(78-62)57-21-25-61(69)77-57/h13-36,73,76H,1-12H3. The molecule has 8 heteroatoms. The molecule has 0 atom stereocenters. The molecule has 13 rings (SSSR count). The summed E-state index contributed by atoms with van der Waals surface area (Å²) in [5.74, 6) is 0. The van der Waals surface area contributed by atoms with Crippen LogP contribution in [0.2, 0.25) is 0 Å². The fraction of sp³-hybridized carbons (Fsp3) is 0.167. The molecule has 0 saturated heterocycles. The molecular formula is C72H62N4Se4. The van der Waals surface area contributed by atoms with Gasteiger partial charge in [0.15, 0.2) is 0 Å². The average Bonchev–Trinajstić information content (AvgIpc) is 4.31. The SMILES string of the molecule is Cc1cc(C)c(-c2c3nc(c4ccc([nH]4)c(-c4c(C)cc(C)cc4C)c4ccc([se]4)c4ccc([se]4)c(-c4c(C)cc(C)cc4C)c4nc(c5ccc([nH]5)c(-c5c(C)cc(C)cc5C)c5ccc([se]5)c5ccc2[se]5)C=C4)C=C3)c(C)c1. The number of aromatic amines is 2. The third-order valence-corrected chi connectivity index (χ3v) is 26.7. The van der Waals surface area contributed by atoms with Crippen molar-refractivity contribution >= 4 is 138 Å². The van der Waals surface area contributed by atoms with E-state index in [-0.39, 0.29) is 58.0 Å². The zero-order valence-electron chi connectivity index (χ0n) is 47.4. The third-order valence-electron chi connectivity index (χ3n) is 15.9. The number of rotatable bonds is 4. The number of fused-ring (bicyclic) bond motifs is 20. The van der Waals surface area contributed by atoms with Crippen LogP contribution < -0.4 is 0 Å². The number of nitrogens with one attached hydrogen (secondary N) is 2. The van der Waals surface area contributed by atoms with Gasteiger partial charge in [-0.2, -0.15) is 0 Å². The predicted octanol–water partition coefficient (Wildman–Crippen LogP) is 18.1. The van der Waals surface area contributed by atoms with Crippen molar-refractivity contribution in [2.24, 2.45) is 0 Å². The second-order valence-corrected chi connectivity index (χ2v) is 31.3. The van der Waals surface area contributed by atoms with Crippen LogP contribution in [-0.4, -0.2) is 78.0 Å². The van der Waals surface area contributed by atoms with Crippen molar-refractivity contribution in [3.8, 4) is 44.5 Å². The Morgan fingerprint density at radius 3 is 0.750 bits per heavy atom. The van der Waals surface area contributed by atoms with Crippen LogP contribution in [-0.2, 0) is 0 Å². The number of nitrogens with zero attached hydrogens (tertiary/aromatic N) is 2. The van der Waals surface area contributed by atoms with Crippen molar-refractivity contribution in [1.82, 2.24) is 19.9 Å². The van der Waals surface area contributed by atoms with Gasteiger partial charge in [-0.15, -0.1) is 0 Å². The Morgan fingerprint density at radius 1 is 0.237 bits per heavy atom. The van der Waals surface area contributed by atoms with E-state index < -0.39 is 0 Å². The van der Waals surface area contributed by atoms with Crippen molar-refractivity contribution in [1.29, 1.82) is 0 Å². The van der Waals surface area contributed by atoms with E-state index in [9.17, 15) is 0 Å². The van der Waals surface area contributed by atoms with Crippen molar-refractivity contribution in [3.05, 3.63) is 211 Å². The number of hydrogen-bond acceptors (Lipinski definition) is 2. The molecule has 0 saturated carbocycles. The van der Waals surface area contributed by atoms with Gasteiger partial charge in [-0.3, -0.25) is 0 Å². The van der Waals surface area contributed by atoms with Crippen LogP contribution in [0, 0.1) is 83.1 Å². The molecular weight excluding hydrogens is 1240 g/mol. The molecule has 0 fully saturated rings. The molecule has 0 radical (unpaired) electrons. The van der Waals surface area contributed by atoms with Crippen molar-refractivity contribution in [2.45, 2.75) is 83.1 Å². The van der Waals surface area contributed by atoms with Gasteiger partial charge in [0.2, 0.25) is 0 Å². The predicted molar refractivity (Wildman–Crippen MR) is 350 cm³/mol. The summed E-state index contributed by atoms with van der Waals surface area (Å²) in [6.07, 6.45) is 8.98. The maximum absolute atomic E-state index is 5.59. The normalized spacial score (nSPS) is 12.2. The summed E-state index contributed by atoms with van der Waals surface area (Å²) in [6, 6.07) is 47.2. The summed E-state index contributed by atoms with van der Waals surface area (Å²) in [7, 11) is 0. The van der Waals surface area contributed by atoms with Crippen molar-refractivity contribution < 1.29 is 0 Å². The Kier molecular flexibility index (Phi) is 13.7. The van der Waals surface area contributed by atoms with Gasteiger partial charge < -0.3 is 0 Å². The molecule has 9 heterocycles. The van der Waals surface area contributed by atoms with E-state index in [1.54, 1.807) is 0 Å². The van der Waals surface area contributed by atoms with E-state index in [4.69, 9.17) is 9.97 Å². The molecule has 11 aromatic rings. The van der Waals surface area contributed by atoms with Gasteiger partial charge in [0.05, 0.1) is 0 Å². The van der Waals surface area contributed by atoms with Crippen LogP contribution in [0.5, 0.6) is 0 Å². The van der Waals surface area contributed by atoms with Crippen molar-refractivity contribution in [2.75, 3.05) is 0 Å². The minimum atomic E-state index is 0.0589. The number of H-pyrrole nitrogens is 2. The minimum absolute atomic E-state index is 0.0589. The van der Waals surface area contributed by atoms with Crippen LogP contribution >= 0.6 is 0 Å². The third kappa shape index (κ3) is 9.48. The Balaban J connectivity index is 1.16. The van der Waals surface area contributed by atoms with E-state index in [2.05, 4.69) is 239 Å². The molecule has 4 aromatic carbocycles. The quantitative estimate of drug-likeness (QED) is 0.173. The molecule has 0 spiro atoms. The summed E-state index contributed by atoms with van der Waals surface area (Å²) in [5, 5.41) is 0. The number of benzene rings is 4. The van der Waals surface area contributed by atoms with E-state index in [0.29, 0.717) is 0 Å². The second kappa shape index (κ2) is 20.8. The molecule has 2 aliphatic heterocycles. The summed E-state index contributed by atoms with van der Waals surface area (Å²) in [5.41, 5.74) is 34.1. The Morgan fingerprint density at radius 2 is 0.463 bits per heavy atom. The zero-order valence-corrected chi connectivity index (χ0v) is 54.2. The molecule has 80 heavy (non-hydrogen) atoms. The van der Waals surface area contributed by atoms with Crippen molar-refractivity contribution in [3.63, 3.8) is 0 Å². The Labute approximate surface area is 492 Å². The summed E-state index contributed by atoms with van der Waals surface area (Å²) in [4.78, 5) is 19.1. The van der Waals surface area contributed by atoms with Gasteiger partial charge in [-0.05, 0) is 0 Å². The second-order valence-electron chi connectivity index (χ2n) is 22.3. The molecule has 0 amide bonds. The van der Waals surface area contributed by atoms with Crippen LogP contribution in [0.1, 0.15) is 89.5 Å². The van der Waals surface area contributed by atoms with Crippen LogP contribution in [0.3, 0.4) is 0 Å². The van der Waals surface area contributed by atoms with E-state index in [1.165, 1.54) is 145 Å². The van der Waals surface area contributed by atoms with Gasteiger partial charge in [-0.25, -0.2) is 0 Å². The molecule has 2 N–H and O–H groups in total. The van der Waals surface area contributed by atoms with Gasteiger partial charge in [0.1, 0.15) is 0 Å². The maximum atomic E-state index is 5.59. The first-order valence-corrected chi connectivity index (χ1v) is 34.3. The number of aryl methyl sites for hydroxylation is 12. The van der Waals surface area contributed by atoms with Gasteiger partial charge in [0.25, 0.3) is 0 Å². The average molecular weight is 1300 g/mol. The van der Waals surface area contributed by atoms with Gasteiger partial charge in [-0.1, -0.05) is 0 Å². The fourth-order valence-electron chi connectivity index (χ4n) is 12.9. The molecule has 2 aliphatic rings. The monoisotopic (exact) mass is 1300 g/mol. The topological polar surface area (TPSA) is 57.4 Å². The Bertz CT molecular complexity index is 4460. The fourth-order valence-corrected chi connectivity index (χ4v) is 23.1. The Hall–Kier alpha value is -6.52. The van der Waals surface area contributed by atoms with Gasteiger partial charge in [0, 0.05) is 0 Å².